The lowest BCUT2D eigenvalue weighted by molar-refractivity contribution is 0.0641. The van der Waals surface area contributed by atoms with E-state index >= 15 is 0 Å². The molecule has 3 aromatic rings. The molecular formula is C25H25ClN4O2. The number of rotatable bonds is 5. The molecule has 1 saturated heterocycles. The van der Waals surface area contributed by atoms with Crippen molar-refractivity contribution in [2.75, 3.05) is 32.7 Å². The van der Waals surface area contributed by atoms with Crippen LogP contribution in [0.15, 0.2) is 71.5 Å². The molecule has 6 nitrogen and oxygen atoms in total. The molecule has 1 amide bonds. The van der Waals surface area contributed by atoms with Crippen molar-refractivity contribution in [3.05, 3.63) is 98.9 Å². The van der Waals surface area contributed by atoms with Crippen molar-refractivity contribution in [2.24, 2.45) is 0 Å². The number of amides is 1. The summed E-state index contributed by atoms with van der Waals surface area (Å²) < 4.78 is 1.61. The van der Waals surface area contributed by atoms with Crippen molar-refractivity contribution in [3.63, 3.8) is 0 Å². The minimum atomic E-state index is -0.356. The van der Waals surface area contributed by atoms with Gasteiger partial charge < -0.3 is 4.90 Å². The van der Waals surface area contributed by atoms with Crippen LogP contribution in [0.4, 0.5) is 0 Å². The first-order valence-electron chi connectivity index (χ1n) is 10.6. The van der Waals surface area contributed by atoms with E-state index in [4.69, 9.17) is 11.6 Å². The first kappa shape index (κ1) is 22.0. The summed E-state index contributed by atoms with van der Waals surface area (Å²) in [5.41, 5.74) is 2.16. The number of halogens is 1. The zero-order valence-corrected chi connectivity index (χ0v) is 18.7. The van der Waals surface area contributed by atoms with Crippen molar-refractivity contribution >= 4 is 23.6 Å². The van der Waals surface area contributed by atoms with Gasteiger partial charge in [-0.1, -0.05) is 54.1 Å². The third-order valence-corrected chi connectivity index (χ3v) is 5.77. The second-order valence-electron chi connectivity index (χ2n) is 7.79. The molecule has 2 aromatic carbocycles. The normalized spacial score (nSPS) is 14.8. The van der Waals surface area contributed by atoms with Crippen LogP contribution in [-0.4, -0.2) is 58.2 Å². The number of piperazine rings is 1. The topological polar surface area (TPSA) is 58.4 Å². The summed E-state index contributed by atoms with van der Waals surface area (Å²) in [6, 6.07) is 18.8. The number of hydrogen-bond acceptors (Lipinski definition) is 4. The van der Waals surface area contributed by atoms with Crippen LogP contribution in [0.2, 0.25) is 5.02 Å². The predicted octanol–water partition coefficient (Wildman–Crippen LogP) is 3.67. The number of carbonyl (C=O) groups excluding carboxylic acids is 1. The molecular weight excluding hydrogens is 424 g/mol. The van der Waals surface area contributed by atoms with Crippen molar-refractivity contribution < 1.29 is 4.79 Å². The average Bonchev–Trinajstić information content (AvgIpc) is 2.81. The first-order chi connectivity index (χ1) is 15.5. The van der Waals surface area contributed by atoms with Crippen LogP contribution < -0.4 is 5.43 Å². The van der Waals surface area contributed by atoms with Crippen LogP contribution in [0.3, 0.4) is 0 Å². The Morgan fingerprint density at radius 2 is 1.72 bits per heavy atom. The lowest BCUT2D eigenvalue weighted by atomic mass is 10.2. The molecule has 4 rings (SSSR count). The second-order valence-corrected chi connectivity index (χ2v) is 8.23. The number of aryl methyl sites for hydroxylation is 1. The molecule has 0 unspecified atom stereocenters. The third kappa shape index (κ3) is 5.15. The van der Waals surface area contributed by atoms with Crippen LogP contribution >= 0.6 is 11.6 Å². The number of carbonyl (C=O) groups is 1. The molecule has 0 spiro atoms. The Kier molecular flexibility index (Phi) is 6.83. The lowest BCUT2D eigenvalue weighted by Crippen LogP contribution is -2.49. The fourth-order valence-electron chi connectivity index (χ4n) is 3.72. The van der Waals surface area contributed by atoms with Crippen molar-refractivity contribution in [1.82, 2.24) is 19.6 Å². The van der Waals surface area contributed by atoms with E-state index in [1.54, 1.807) is 28.6 Å². The van der Waals surface area contributed by atoms with Gasteiger partial charge in [-0.2, -0.15) is 5.10 Å². The van der Waals surface area contributed by atoms with E-state index in [2.05, 4.69) is 34.3 Å². The van der Waals surface area contributed by atoms with Crippen molar-refractivity contribution in [1.29, 1.82) is 0 Å². The number of nitrogens with zero attached hydrogens (tertiary/aromatic N) is 4. The molecule has 0 saturated carbocycles. The molecule has 1 aliphatic rings. The molecule has 0 N–H and O–H groups in total. The standard InChI is InChI=1S/C25H25ClN4O2/c1-19-18-23(31)24(27-30(19)22-11-9-21(26)10-12-22)25(32)29-16-14-28(15-17-29)13-5-8-20-6-3-2-4-7-20/h2-12,18H,13-17H2,1H3/b8-5+. The Bertz CT molecular complexity index is 1160. The van der Waals surface area contributed by atoms with E-state index in [1.165, 1.54) is 11.6 Å². The smallest absolute Gasteiger partial charge is 0.278 e. The highest BCUT2D eigenvalue weighted by molar-refractivity contribution is 6.30. The Balaban J connectivity index is 1.42. The summed E-state index contributed by atoms with van der Waals surface area (Å²) in [4.78, 5) is 29.6. The molecule has 7 heteroatoms. The van der Waals surface area contributed by atoms with Crippen molar-refractivity contribution in [2.45, 2.75) is 6.92 Å². The third-order valence-electron chi connectivity index (χ3n) is 5.51. The maximum absolute atomic E-state index is 13.1. The molecule has 0 radical (unpaired) electrons. The van der Waals surface area contributed by atoms with Gasteiger partial charge >= 0.3 is 0 Å². The summed E-state index contributed by atoms with van der Waals surface area (Å²) in [7, 11) is 0. The van der Waals surface area contributed by atoms with Crippen LogP contribution in [0.1, 0.15) is 21.7 Å². The fourth-order valence-corrected chi connectivity index (χ4v) is 3.85. The molecule has 1 aliphatic heterocycles. The molecule has 1 fully saturated rings. The summed E-state index contributed by atoms with van der Waals surface area (Å²) in [5.74, 6) is -0.322. The summed E-state index contributed by atoms with van der Waals surface area (Å²) >= 11 is 5.97. The maximum Gasteiger partial charge on any atom is 0.278 e. The van der Waals surface area contributed by atoms with Gasteiger partial charge in [0, 0.05) is 49.5 Å². The van der Waals surface area contributed by atoms with Gasteiger partial charge in [-0.3, -0.25) is 14.5 Å². The summed E-state index contributed by atoms with van der Waals surface area (Å²) in [5, 5.41) is 5.01. The van der Waals surface area contributed by atoms with Crippen LogP contribution in [0, 0.1) is 6.92 Å². The van der Waals surface area contributed by atoms with Gasteiger partial charge in [0.2, 0.25) is 5.43 Å². The summed E-state index contributed by atoms with van der Waals surface area (Å²) in [6.45, 7) is 5.24. The van der Waals surface area contributed by atoms with E-state index in [9.17, 15) is 9.59 Å². The second kappa shape index (κ2) is 9.94. The number of benzene rings is 2. The highest BCUT2D eigenvalue weighted by Crippen LogP contribution is 2.14. The van der Waals surface area contributed by atoms with Crippen LogP contribution in [0.5, 0.6) is 0 Å². The van der Waals surface area contributed by atoms with E-state index in [-0.39, 0.29) is 17.0 Å². The predicted molar refractivity (Wildman–Crippen MR) is 127 cm³/mol. The first-order valence-corrected chi connectivity index (χ1v) is 11.0. The monoisotopic (exact) mass is 448 g/mol. The molecule has 32 heavy (non-hydrogen) atoms. The Morgan fingerprint density at radius 1 is 1.03 bits per heavy atom. The molecule has 164 valence electrons. The number of hydrogen-bond donors (Lipinski definition) is 0. The van der Waals surface area contributed by atoms with Gasteiger partial charge in [0.25, 0.3) is 5.91 Å². The highest BCUT2D eigenvalue weighted by atomic mass is 35.5. The fraction of sp³-hybridized carbons (Fsp3) is 0.240. The highest BCUT2D eigenvalue weighted by Gasteiger charge is 2.25. The van der Waals surface area contributed by atoms with Crippen LogP contribution in [0.25, 0.3) is 11.8 Å². The quantitative estimate of drug-likeness (QED) is 0.597. The molecule has 0 bridgehead atoms. The molecule has 1 aromatic heterocycles. The number of aromatic nitrogens is 2. The van der Waals surface area contributed by atoms with Crippen molar-refractivity contribution in [3.8, 4) is 5.69 Å². The van der Waals surface area contributed by atoms with Gasteiger partial charge in [0.05, 0.1) is 5.69 Å². The largest absolute Gasteiger partial charge is 0.335 e. The Hall–Kier alpha value is -3.22. The van der Waals surface area contributed by atoms with E-state index < -0.39 is 0 Å². The van der Waals surface area contributed by atoms with Gasteiger partial charge in [-0.25, -0.2) is 4.68 Å². The minimum Gasteiger partial charge on any atom is -0.335 e. The lowest BCUT2D eigenvalue weighted by Gasteiger charge is -2.33. The molecule has 0 atom stereocenters. The molecule has 2 heterocycles. The van der Waals surface area contributed by atoms with Gasteiger partial charge in [-0.15, -0.1) is 0 Å². The zero-order chi connectivity index (χ0) is 22.5. The van der Waals surface area contributed by atoms with Gasteiger partial charge in [0.1, 0.15) is 0 Å². The van der Waals surface area contributed by atoms with E-state index in [1.807, 2.05) is 30.3 Å². The Labute approximate surface area is 192 Å². The van der Waals surface area contributed by atoms with Gasteiger partial charge in [-0.05, 0) is 36.8 Å². The average molecular weight is 449 g/mol. The SMILES string of the molecule is Cc1cc(=O)c(C(=O)N2CCN(C/C=C/c3ccccc3)CC2)nn1-c1ccc(Cl)cc1. The van der Waals surface area contributed by atoms with E-state index in [0.717, 1.165) is 25.3 Å². The van der Waals surface area contributed by atoms with E-state index in [0.29, 0.717) is 23.8 Å². The van der Waals surface area contributed by atoms with Gasteiger partial charge in [0.15, 0.2) is 5.69 Å². The molecule has 0 aliphatic carbocycles. The van der Waals surface area contributed by atoms with Crippen LogP contribution in [-0.2, 0) is 0 Å². The maximum atomic E-state index is 13.1. The minimum absolute atomic E-state index is 0.0528. The zero-order valence-electron chi connectivity index (χ0n) is 17.9. The summed E-state index contributed by atoms with van der Waals surface area (Å²) in [6.07, 6.45) is 4.24. The Morgan fingerprint density at radius 3 is 2.41 bits per heavy atom.